The molecule has 0 heterocycles. The van der Waals surface area contributed by atoms with E-state index in [0.717, 1.165) is 0 Å². The van der Waals surface area contributed by atoms with E-state index in [2.05, 4.69) is 65.9 Å². The molecule has 1 atom stereocenters. The predicted molar refractivity (Wildman–Crippen MR) is 100 cm³/mol. The minimum absolute atomic E-state index is 0. The number of hydrogen-bond acceptors (Lipinski definition) is 0. The zero-order valence-corrected chi connectivity index (χ0v) is 19.6. The smallest absolute Gasteiger partial charge is 0.147 e. The fourth-order valence-electron chi connectivity index (χ4n) is 3.81. The second-order valence-electron chi connectivity index (χ2n) is 6.62. The molecule has 1 unspecified atom stereocenters. The largest absolute Gasteiger partial charge is 0.147 e. The Morgan fingerprint density at radius 3 is 2.00 bits per heavy atom. The van der Waals surface area contributed by atoms with Gasteiger partial charge in [-0.1, -0.05) is 0 Å². The molecule has 2 aliphatic carbocycles. The molecule has 0 saturated carbocycles. The van der Waals surface area contributed by atoms with Gasteiger partial charge in [-0.3, -0.25) is 0 Å². The summed E-state index contributed by atoms with van der Waals surface area (Å²) in [6.45, 7) is 17.1. The van der Waals surface area contributed by atoms with E-state index in [-0.39, 0.29) is 24.8 Å². The Labute approximate surface area is 151 Å². The van der Waals surface area contributed by atoms with Crippen LogP contribution in [0.25, 0.3) is 0 Å². The zero-order chi connectivity index (χ0) is 14.4. The molecule has 0 aromatic rings. The maximum absolute atomic E-state index is 2.64. The third-order valence-electron chi connectivity index (χ3n) is 5.07. The van der Waals surface area contributed by atoms with Crippen LogP contribution >= 0.6 is 24.8 Å². The summed E-state index contributed by atoms with van der Waals surface area (Å²) in [5, 5.41) is 0. The van der Waals surface area contributed by atoms with Gasteiger partial charge in [-0.25, -0.2) is 0 Å². The molecule has 0 spiro atoms. The Bertz CT molecular complexity index is 529. The third-order valence-corrected chi connectivity index (χ3v) is 27.4. The molecule has 0 N–H and O–H groups in total. The van der Waals surface area contributed by atoms with Crippen LogP contribution in [-0.2, 0) is 20.9 Å². The van der Waals surface area contributed by atoms with Crippen molar-refractivity contribution < 1.29 is 20.9 Å². The van der Waals surface area contributed by atoms with E-state index < -0.39 is 26.8 Å². The third kappa shape index (κ3) is 3.77. The molecule has 119 valence electrons. The summed E-state index contributed by atoms with van der Waals surface area (Å²) in [5.41, 5.74) is 6.41. The second kappa shape index (κ2) is 7.95. The molecule has 0 fully saturated rings. The quantitative estimate of drug-likeness (QED) is 0.478. The molecule has 0 aliphatic heterocycles. The van der Waals surface area contributed by atoms with Crippen LogP contribution in [0.2, 0.25) is 16.2 Å². The molecule has 2 aliphatic rings. The van der Waals surface area contributed by atoms with Crippen molar-refractivity contribution in [3.8, 4) is 0 Å². The fraction of sp³-hybridized carbons (Fsp3) is 0.529. The van der Waals surface area contributed by atoms with E-state index >= 15 is 0 Å². The first kappa shape index (κ1) is 21.6. The normalized spacial score (nSPS) is 24.3. The summed E-state index contributed by atoms with van der Waals surface area (Å²) < 4.78 is 2.36. The van der Waals surface area contributed by atoms with Crippen molar-refractivity contribution in [2.75, 3.05) is 0 Å². The van der Waals surface area contributed by atoms with Gasteiger partial charge in [0.1, 0.15) is 0 Å². The van der Waals surface area contributed by atoms with Gasteiger partial charge in [0.2, 0.25) is 0 Å². The van der Waals surface area contributed by atoms with Crippen molar-refractivity contribution >= 4 is 30.7 Å². The molecule has 0 aromatic carbocycles. The van der Waals surface area contributed by atoms with E-state index in [4.69, 9.17) is 0 Å². The van der Waals surface area contributed by atoms with E-state index in [1.807, 2.05) is 3.28 Å². The van der Waals surface area contributed by atoms with Crippen molar-refractivity contribution in [2.24, 2.45) is 0 Å². The van der Waals surface area contributed by atoms with Gasteiger partial charge in [-0.2, -0.15) is 0 Å². The maximum atomic E-state index is 2.64. The fourth-order valence-corrected chi connectivity index (χ4v) is 29.5. The molecule has 4 heteroatoms. The Hall–Kier alpha value is 0.640. The SMILES string of the molecule is CC1=C[C](C)([Zr]([C]2=C(C)C=CC2)[SiH](C)C)C(C)=C1C.Cl.Cl. The molecular weight excluding hydrogens is 394 g/mol. The van der Waals surface area contributed by atoms with Crippen LogP contribution in [0.1, 0.15) is 41.0 Å². The predicted octanol–water partition coefficient (Wildman–Crippen LogP) is 6.14. The first-order valence-corrected chi connectivity index (χ1v) is 17.0. The van der Waals surface area contributed by atoms with Gasteiger partial charge in [0.25, 0.3) is 0 Å². The molecular formula is C17H29Cl2SiZr. The number of halogens is 2. The minimum atomic E-state index is -1.59. The van der Waals surface area contributed by atoms with E-state index in [1.54, 1.807) is 16.7 Å². The molecule has 0 bridgehead atoms. The topological polar surface area (TPSA) is 0 Å². The van der Waals surface area contributed by atoms with Crippen molar-refractivity contribution in [1.29, 1.82) is 0 Å². The standard InChI is InChI=1S/C9H13.C6H7.C2H7Si.2ClH.Zr/c1-6-5-7(2)9(4)8(6)3;1-6-4-2-3-5-6;1-3-2;;;/h5H,1-4H3;2,4H,3H2,1H3;3H,1-2H3;2*1H;. The van der Waals surface area contributed by atoms with Gasteiger partial charge < -0.3 is 0 Å². The van der Waals surface area contributed by atoms with Crippen LogP contribution in [0.5, 0.6) is 0 Å². The zero-order valence-electron chi connectivity index (χ0n) is 14.3. The van der Waals surface area contributed by atoms with Crippen LogP contribution in [0, 0.1) is 0 Å². The first-order valence-electron chi connectivity index (χ1n) is 7.40. The second-order valence-corrected chi connectivity index (χ2v) is 26.9. The molecule has 0 saturated heterocycles. The van der Waals surface area contributed by atoms with Gasteiger partial charge in [0.15, 0.2) is 0 Å². The summed E-state index contributed by atoms with van der Waals surface area (Å²) >= 11 is -1.59. The van der Waals surface area contributed by atoms with Crippen LogP contribution in [0.15, 0.2) is 43.8 Å². The van der Waals surface area contributed by atoms with Crippen molar-refractivity contribution in [3.63, 3.8) is 0 Å². The van der Waals surface area contributed by atoms with Crippen molar-refractivity contribution in [3.05, 3.63) is 43.8 Å². The summed E-state index contributed by atoms with van der Waals surface area (Å²) in [4.78, 5) is 0. The molecule has 0 aromatic heterocycles. The number of rotatable bonds is 3. The molecule has 0 radical (unpaired) electrons. The van der Waals surface area contributed by atoms with Gasteiger partial charge >= 0.3 is 128 Å². The monoisotopic (exact) mass is 421 g/mol. The Kier molecular flexibility index (Phi) is 8.20. The average Bonchev–Trinajstić information content (AvgIpc) is 2.80. The van der Waals surface area contributed by atoms with Crippen LogP contribution < -0.4 is 0 Å². The van der Waals surface area contributed by atoms with E-state index in [1.165, 1.54) is 12.0 Å². The van der Waals surface area contributed by atoms with Gasteiger partial charge in [-0.05, 0) is 0 Å². The van der Waals surface area contributed by atoms with Crippen LogP contribution in [0.4, 0.5) is 0 Å². The van der Waals surface area contributed by atoms with Gasteiger partial charge in [0.05, 0.1) is 0 Å². The first-order chi connectivity index (χ1) is 8.79. The Morgan fingerprint density at radius 1 is 1.10 bits per heavy atom. The van der Waals surface area contributed by atoms with Crippen LogP contribution in [0.3, 0.4) is 0 Å². The summed E-state index contributed by atoms with van der Waals surface area (Å²) in [6.07, 6.45) is 8.66. The number of hydrogen-bond donors (Lipinski definition) is 0. The van der Waals surface area contributed by atoms with Crippen LogP contribution in [-0.4, -0.2) is 5.92 Å². The van der Waals surface area contributed by atoms with E-state index in [9.17, 15) is 0 Å². The number of allylic oxidation sites excluding steroid dienone is 8. The molecule has 0 amide bonds. The van der Waals surface area contributed by atoms with Gasteiger partial charge in [-0.15, -0.1) is 24.8 Å². The Morgan fingerprint density at radius 2 is 1.67 bits per heavy atom. The molecule has 21 heavy (non-hydrogen) atoms. The summed E-state index contributed by atoms with van der Waals surface area (Å²) in [7, 11) is 0. The van der Waals surface area contributed by atoms with E-state index in [0.29, 0.717) is 3.12 Å². The summed E-state index contributed by atoms with van der Waals surface area (Å²) in [5.74, 6) is -0.570. The molecule has 2 rings (SSSR count). The minimum Gasteiger partial charge on any atom is -0.147 e. The average molecular weight is 424 g/mol. The Balaban J connectivity index is 0.00000200. The van der Waals surface area contributed by atoms with Gasteiger partial charge in [0, 0.05) is 0 Å². The van der Waals surface area contributed by atoms with Crippen molar-refractivity contribution in [1.82, 2.24) is 0 Å². The summed E-state index contributed by atoms with van der Waals surface area (Å²) in [6, 6.07) is 0. The molecule has 0 nitrogen and oxygen atoms in total. The maximum Gasteiger partial charge on any atom is -0.147 e. The van der Waals surface area contributed by atoms with Crippen molar-refractivity contribution in [2.45, 2.75) is 57.3 Å².